The molecule has 0 spiro atoms. The normalized spacial score (nSPS) is 12.9. The maximum Gasteiger partial charge on any atom is 0.297 e. The van der Waals surface area contributed by atoms with Gasteiger partial charge in [0.2, 0.25) is 5.88 Å². The standard InChI is InChI=1S/C18H16N2O2/c1-3-7-15(8-4-1)13-21-17-11-12-19-18(20-17)22-14-16-9-5-2-6-10-16/h1-10,12H,13-14H2,(H,19,20). The molecule has 22 heavy (non-hydrogen) atoms. The zero-order valence-corrected chi connectivity index (χ0v) is 12.0. The average Bonchev–Trinajstić information content (AvgIpc) is 2.60. The van der Waals surface area contributed by atoms with Crippen LogP contribution in [0.3, 0.4) is 0 Å². The van der Waals surface area contributed by atoms with Crippen LogP contribution in [0.25, 0.3) is 0 Å². The van der Waals surface area contributed by atoms with Crippen molar-refractivity contribution in [3.63, 3.8) is 0 Å². The van der Waals surface area contributed by atoms with E-state index in [4.69, 9.17) is 9.47 Å². The zero-order chi connectivity index (χ0) is 15.0. The lowest BCUT2D eigenvalue weighted by molar-refractivity contribution is 0.177. The molecular weight excluding hydrogens is 276 g/mol. The van der Waals surface area contributed by atoms with E-state index in [1.165, 1.54) is 6.20 Å². The Morgan fingerprint density at radius 1 is 0.818 bits per heavy atom. The molecule has 2 aromatic carbocycles. The second kappa shape index (κ2) is 7.16. The van der Waals surface area contributed by atoms with Gasteiger partial charge in [0, 0.05) is 0 Å². The summed E-state index contributed by atoms with van der Waals surface area (Å²) < 4.78 is 11.3. The first-order valence-electron chi connectivity index (χ1n) is 7.03. The Kier molecular flexibility index (Phi) is 4.55. The molecular formula is C18H16N2O2. The number of amidine groups is 1. The van der Waals surface area contributed by atoms with Crippen molar-refractivity contribution in [3.05, 3.63) is 89.6 Å². The van der Waals surface area contributed by atoms with Crippen LogP contribution in [0, 0.1) is 0 Å². The maximum absolute atomic E-state index is 5.65. The van der Waals surface area contributed by atoms with E-state index in [0.717, 1.165) is 11.1 Å². The molecule has 1 heterocycles. The molecule has 0 bridgehead atoms. The van der Waals surface area contributed by atoms with Gasteiger partial charge >= 0.3 is 0 Å². The Bertz CT molecular complexity index is 702. The summed E-state index contributed by atoms with van der Waals surface area (Å²) in [6, 6.07) is 20.3. The van der Waals surface area contributed by atoms with Crippen LogP contribution in [0.2, 0.25) is 0 Å². The quantitative estimate of drug-likeness (QED) is 0.860. The first-order valence-corrected chi connectivity index (χ1v) is 7.03. The van der Waals surface area contributed by atoms with Crippen molar-refractivity contribution >= 4 is 6.02 Å². The van der Waals surface area contributed by atoms with Gasteiger partial charge in [-0.25, -0.2) is 0 Å². The summed E-state index contributed by atoms with van der Waals surface area (Å²) in [5.41, 5.74) is 5.08. The topological polar surface area (TPSA) is 42.8 Å². The van der Waals surface area contributed by atoms with Gasteiger partial charge in [0.05, 0.1) is 6.20 Å². The minimum absolute atomic E-state index is 0.408. The second-order valence-corrected chi connectivity index (χ2v) is 4.71. The summed E-state index contributed by atoms with van der Waals surface area (Å²) in [5, 5.41) is 2.97. The first kappa shape index (κ1) is 14.0. The second-order valence-electron chi connectivity index (χ2n) is 4.71. The van der Waals surface area contributed by atoms with Gasteiger partial charge < -0.3 is 9.47 Å². The minimum atomic E-state index is 0.408. The van der Waals surface area contributed by atoms with E-state index in [1.807, 2.05) is 60.7 Å². The van der Waals surface area contributed by atoms with Gasteiger partial charge in [0.1, 0.15) is 13.2 Å². The van der Waals surface area contributed by atoms with Gasteiger partial charge in [-0.3, -0.25) is 5.32 Å². The van der Waals surface area contributed by atoms with Gasteiger partial charge in [0.25, 0.3) is 6.02 Å². The van der Waals surface area contributed by atoms with Crippen LogP contribution < -0.4 is 5.32 Å². The smallest absolute Gasteiger partial charge is 0.297 e. The molecule has 1 N–H and O–H groups in total. The highest BCUT2D eigenvalue weighted by molar-refractivity contribution is 5.76. The zero-order valence-electron chi connectivity index (χ0n) is 12.0. The fraction of sp³-hybridized carbons (Fsp3) is 0.111. The number of ether oxygens (including phenoxy) is 2. The first-order chi connectivity index (χ1) is 10.9. The summed E-state index contributed by atoms with van der Waals surface area (Å²) in [7, 11) is 0. The average molecular weight is 292 g/mol. The van der Waals surface area contributed by atoms with Crippen molar-refractivity contribution in [2.75, 3.05) is 0 Å². The number of nitrogens with zero attached hydrogens (tertiary/aromatic N) is 1. The van der Waals surface area contributed by atoms with E-state index >= 15 is 0 Å². The molecule has 1 aliphatic heterocycles. The summed E-state index contributed by atoms with van der Waals surface area (Å²) in [6.45, 7) is 0.919. The number of benzene rings is 2. The van der Waals surface area contributed by atoms with Crippen LogP contribution in [0.5, 0.6) is 0 Å². The molecule has 0 saturated heterocycles. The summed E-state index contributed by atoms with van der Waals surface area (Å²) >= 11 is 0. The van der Waals surface area contributed by atoms with Crippen molar-refractivity contribution in [2.45, 2.75) is 13.2 Å². The van der Waals surface area contributed by atoms with Crippen LogP contribution in [0.1, 0.15) is 11.1 Å². The Balaban J connectivity index is 1.49. The molecule has 0 aromatic heterocycles. The Morgan fingerprint density at radius 2 is 1.41 bits per heavy atom. The van der Waals surface area contributed by atoms with Gasteiger partial charge in [-0.2, -0.15) is 4.99 Å². The third-order valence-electron chi connectivity index (χ3n) is 3.04. The lowest BCUT2D eigenvalue weighted by Crippen LogP contribution is -2.27. The molecule has 0 saturated carbocycles. The number of nitrogens with one attached hydrogen (secondary N) is 1. The minimum Gasteiger partial charge on any atom is -0.468 e. The lowest BCUT2D eigenvalue weighted by Gasteiger charge is -2.15. The van der Waals surface area contributed by atoms with Gasteiger partial charge in [-0.15, -0.1) is 0 Å². The van der Waals surface area contributed by atoms with E-state index in [1.54, 1.807) is 0 Å². The fourth-order valence-electron chi connectivity index (χ4n) is 1.92. The number of aliphatic imine (C=N–C) groups is 1. The summed E-state index contributed by atoms with van der Waals surface area (Å²) in [6.07, 6.45) is 1.54. The van der Waals surface area contributed by atoms with Crippen LogP contribution in [-0.2, 0) is 22.7 Å². The lowest BCUT2D eigenvalue weighted by atomic mass is 10.2. The van der Waals surface area contributed by atoms with Crippen molar-refractivity contribution < 1.29 is 9.47 Å². The largest absolute Gasteiger partial charge is 0.468 e. The fourth-order valence-corrected chi connectivity index (χ4v) is 1.92. The Hall–Kier alpha value is -2.97. The molecule has 4 heteroatoms. The van der Waals surface area contributed by atoms with Crippen molar-refractivity contribution in [1.29, 1.82) is 0 Å². The third-order valence-corrected chi connectivity index (χ3v) is 3.04. The van der Waals surface area contributed by atoms with Crippen molar-refractivity contribution in [2.24, 2.45) is 4.99 Å². The van der Waals surface area contributed by atoms with E-state index in [9.17, 15) is 0 Å². The van der Waals surface area contributed by atoms with Gasteiger partial charge in [-0.05, 0) is 16.9 Å². The van der Waals surface area contributed by atoms with E-state index < -0.39 is 0 Å². The molecule has 0 aliphatic carbocycles. The van der Waals surface area contributed by atoms with Gasteiger partial charge in [0.15, 0.2) is 0 Å². The molecule has 0 atom stereocenters. The van der Waals surface area contributed by atoms with E-state index in [2.05, 4.69) is 16.0 Å². The van der Waals surface area contributed by atoms with Crippen molar-refractivity contribution in [3.8, 4) is 0 Å². The third kappa shape index (κ3) is 4.01. The molecule has 0 amide bonds. The number of hydrogen-bond donors (Lipinski definition) is 1. The molecule has 4 nitrogen and oxygen atoms in total. The predicted octanol–water partition coefficient (Wildman–Crippen LogP) is 3.33. The van der Waals surface area contributed by atoms with Crippen molar-refractivity contribution in [1.82, 2.24) is 5.32 Å². The van der Waals surface area contributed by atoms with Gasteiger partial charge in [-0.1, -0.05) is 60.7 Å². The van der Waals surface area contributed by atoms with Crippen LogP contribution in [0.15, 0.2) is 83.5 Å². The molecule has 0 radical (unpaired) electrons. The maximum atomic E-state index is 5.65. The van der Waals surface area contributed by atoms with E-state index in [-0.39, 0.29) is 0 Å². The van der Waals surface area contributed by atoms with Crippen LogP contribution in [-0.4, -0.2) is 6.02 Å². The number of rotatable bonds is 5. The molecule has 110 valence electrons. The summed E-state index contributed by atoms with van der Waals surface area (Å²) in [5.74, 6) is 0.502. The Labute approximate surface area is 129 Å². The van der Waals surface area contributed by atoms with Crippen LogP contribution in [0.4, 0.5) is 0 Å². The molecule has 3 rings (SSSR count). The molecule has 2 aromatic rings. The highest BCUT2D eigenvalue weighted by atomic mass is 16.5. The monoisotopic (exact) mass is 292 g/mol. The SMILES string of the molecule is C1=CN=C(OCc2ccccc2)NC=1OCc1ccccc1. The summed E-state index contributed by atoms with van der Waals surface area (Å²) in [4.78, 5) is 4.10. The predicted molar refractivity (Wildman–Crippen MR) is 84.6 cm³/mol. The highest BCUT2D eigenvalue weighted by Gasteiger charge is 2.08. The number of hydrogen-bond acceptors (Lipinski definition) is 4. The molecule has 0 unspecified atom stereocenters. The molecule has 1 aliphatic rings. The molecule has 0 fully saturated rings. The highest BCUT2D eigenvalue weighted by Crippen LogP contribution is 2.06. The van der Waals surface area contributed by atoms with E-state index in [0.29, 0.717) is 25.1 Å². The Morgan fingerprint density at radius 3 is 2.05 bits per heavy atom. The van der Waals surface area contributed by atoms with Crippen LogP contribution >= 0.6 is 0 Å².